The summed E-state index contributed by atoms with van der Waals surface area (Å²) in [5, 5.41) is 12.0. The standard InChI is InChI=1S/C25H27F5N6O5/c1-24(2,3)41-23(39)32-18-8-10-35(22(38)20(18)27)9-7-16(26)13-36-14-19(33-34-36)21(37)31-12-15-5-4-6-17(11-15)40-25(28,29)30/h4-6,8,10-11,14,16H,7,9,12-13H2,1-3H3,(H,31,37)(H,32,39). The van der Waals surface area contributed by atoms with Crippen molar-refractivity contribution in [2.75, 3.05) is 5.32 Å². The molecule has 0 saturated carbocycles. The number of nitrogens with one attached hydrogen (secondary N) is 2. The zero-order valence-corrected chi connectivity index (χ0v) is 22.2. The smallest absolute Gasteiger partial charge is 0.444 e. The highest BCUT2D eigenvalue weighted by molar-refractivity contribution is 5.91. The number of halogens is 5. The van der Waals surface area contributed by atoms with Gasteiger partial charge >= 0.3 is 12.5 Å². The number of alkyl halides is 4. The number of hydrogen-bond acceptors (Lipinski definition) is 7. The van der Waals surface area contributed by atoms with Gasteiger partial charge in [-0.1, -0.05) is 17.3 Å². The molecule has 16 heteroatoms. The number of hydrogen-bond donors (Lipinski definition) is 2. The van der Waals surface area contributed by atoms with Gasteiger partial charge in [0.1, 0.15) is 17.5 Å². The number of benzene rings is 1. The van der Waals surface area contributed by atoms with Gasteiger partial charge in [-0.3, -0.25) is 14.9 Å². The number of aryl methyl sites for hydroxylation is 1. The Labute approximate surface area is 230 Å². The number of carbonyl (C=O) groups excluding carboxylic acids is 2. The fourth-order valence-electron chi connectivity index (χ4n) is 3.42. The van der Waals surface area contributed by atoms with Crippen molar-refractivity contribution in [1.29, 1.82) is 0 Å². The summed E-state index contributed by atoms with van der Waals surface area (Å²) < 4.78 is 77.0. The van der Waals surface area contributed by atoms with E-state index in [0.717, 1.165) is 27.4 Å². The van der Waals surface area contributed by atoms with Crippen LogP contribution >= 0.6 is 0 Å². The maximum absolute atomic E-state index is 14.6. The van der Waals surface area contributed by atoms with E-state index in [0.29, 0.717) is 5.56 Å². The quantitative estimate of drug-likeness (QED) is 0.341. The van der Waals surface area contributed by atoms with E-state index >= 15 is 0 Å². The van der Waals surface area contributed by atoms with Gasteiger partial charge in [0, 0.05) is 19.3 Å². The fourth-order valence-corrected chi connectivity index (χ4v) is 3.42. The predicted molar refractivity (Wildman–Crippen MR) is 134 cm³/mol. The van der Waals surface area contributed by atoms with Crippen molar-refractivity contribution in [3.8, 4) is 5.75 Å². The van der Waals surface area contributed by atoms with E-state index in [4.69, 9.17) is 4.74 Å². The number of anilines is 1. The Morgan fingerprint density at radius 3 is 2.56 bits per heavy atom. The Morgan fingerprint density at radius 1 is 1.15 bits per heavy atom. The molecule has 0 aliphatic carbocycles. The maximum atomic E-state index is 14.6. The summed E-state index contributed by atoms with van der Waals surface area (Å²) in [5.41, 5.74) is -2.11. The lowest BCUT2D eigenvalue weighted by molar-refractivity contribution is -0.274. The highest BCUT2D eigenvalue weighted by Gasteiger charge is 2.31. The van der Waals surface area contributed by atoms with Crippen LogP contribution in [0.1, 0.15) is 43.2 Å². The van der Waals surface area contributed by atoms with E-state index in [1.165, 1.54) is 24.5 Å². The van der Waals surface area contributed by atoms with Gasteiger partial charge in [-0.05, 0) is 51.0 Å². The summed E-state index contributed by atoms with van der Waals surface area (Å²) in [6, 6.07) is 6.19. The molecule has 0 fully saturated rings. The summed E-state index contributed by atoms with van der Waals surface area (Å²) in [6.45, 7) is 4.20. The molecule has 11 nitrogen and oxygen atoms in total. The Hall–Kier alpha value is -4.50. The van der Waals surface area contributed by atoms with E-state index < -0.39 is 47.3 Å². The summed E-state index contributed by atoms with van der Waals surface area (Å²) in [4.78, 5) is 36.5. The zero-order valence-electron chi connectivity index (χ0n) is 22.2. The van der Waals surface area contributed by atoms with Gasteiger partial charge in [-0.2, -0.15) is 4.39 Å². The molecule has 0 aliphatic rings. The molecular weight excluding hydrogens is 559 g/mol. The van der Waals surface area contributed by atoms with Gasteiger partial charge in [0.05, 0.1) is 18.4 Å². The zero-order chi connectivity index (χ0) is 30.4. The molecule has 0 bridgehead atoms. The second kappa shape index (κ2) is 12.8. The van der Waals surface area contributed by atoms with Crippen LogP contribution < -0.4 is 20.9 Å². The molecule has 1 unspecified atom stereocenters. The molecule has 3 aromatic rings. The molecule has 2 aromatic heterocycles. The molecular formula is C25H27F5N6O5. The molecule has 2 amide bonds. The van der Waals surface area contributed by atoms with Crippen molar-refractivity contribution < 1.29 is 41.0 Å². The van der Waals surface area contributed by atoms with Gasteiger partial charge in [0.15, 0.2) is 5.69 Å². The monoisotopic (exact) mass is 586 g/mol. The third-order valence-electron chi connectivity index (χ3n) is 5.17. The van der Waals surface area contributed by atoms with Gasteiger partial charge in [0.2, 0.25) is 5.82 Å². The first kappa shape index (κ1) is 31.0. The van der Waals surface area contributed by atoms with Crippen molar-refractivity contribution in [3.63, 3.8) is 0 Å². The second-order valence-corrected chi connectivity index (χ2v) is 9.76. The average molecular weight is 587 g/mol. The molecule has 0 spiro atoms. The Balaban J connectivity index is 1.50. The number of aromatic nitrogens is 4. The van der Waals surface area contributed by atoms with E-state index in [1.54, 1.807) is 20.8 Å². The van der Waals surface area contributed by atoms with Crippen LogP contribution in [0.4, 0.5) is 32.4 Å². The molecule has 1 aromatic carbocycles. The third kappa shape index (κ3) is 9.88. The van der Waals surface area contributed by atoms with Crippen molar-refractivity contribution in [3.05, 3.63) is 70.2 Å². The molecule has 2 heterocycles. The molecule has 2 N–H and O–H groups in total. The number of amides is 2. The van der Waals surface area contributed by atoms with Crippen molar-refractivity contribution >= 4 is 17.7 Å². The Kier molecular flexibility index (Phi) is 9.67. The summed E-state index contributed by atoms with van der Waals surface area (Å²) in [7, 11) is 0. The van der Waals surface area contributed by atoms with E-state index in [-0.39, 0.29) is 37.4 Å². The first-order chi connectivity index (χ1) is 19.1. The normalized spacial score (nSPS) is 12.5. The molecule has 0 radical (unpaired) electrons. The number of carbonyl (C=O) groups is 2. The fraction of sp³-hybridized carbons (Fsp3) is 0.400. The lowest BCUT2D eigenvalue weighted by Gasteiger charge is -2.20. The molecule has 0 saturated heterocycles. The average Bonchev–Trinajstić information content (AvgIpc) is 3.31. The van der Waals surface area contributed by atoms with Crippen LogP contribution in [0.25, 0.3) is 0 Å². The van der Waals surface area contributed by atoms with Gasteiger partial charge in [0.25, 0.3) is 11.5 Å². The second-order valence-electron chi connectivity index (χ2n) is 9.76. The van der Waals surface area contributed by atoms with Crippen LogP contribution in [0.15, 0.2) is 47.5 Å². The van der Waals surface area contributed by atoms with E-state index in [1.807, 2.05) is 0 Å². The molecule has 1 atom stereocenters. The SMILES string of the molecule is CC(C)(C)OC(=O)Nc1ccn(CCC(F)Cn2cc(C(=O)NCc3cccc(OC(F)(F)F)c3)nn2)c(=O)c1F. The number of pyridine rings is 1. The first-order valence-corrected chi connectivity index (χ1v) is 12.2. The van der Waals surface area contributed by atoms with E-state index in [9.17, 15) is 36.3 Å². The summed E-state index contributed by atoms with van der Waals surface area (Å²) in [6.07, 6.45) is -5.19. The van der Waals surface area contributed by atoms with Crippen LogP contribution in [0.5, 0.6) is 5.75 Å². The topological polar surface area (TPSA) is 129 Å². The molecule has 41 heavy (non-hydrogen) atoms. The lowest BCUT2D eigenvalue weighted by atomic mass is 10.2. The number of nitrogens with zero attached hydrogens (tertiary/aromatic N) is 4. The van der Waals surface area contributed by atoms with Crippen molar-refractivity contribution in [2.24, 2.45) is 0 Å². The summed E-state index contributed by atoms with van der Waals surface area (Å²) in [5.74, 6) is -2.38. The number of rotatable bonds is 10. The molecule has 3 rings (SSSR count). The number of ether oxygens (including phenoxy) is 2. The maximum Gasteiger partial charge on any atom is 0.573 e. The van der Waals surface area contributed by atoms with Gasteiger partial charge in [-0.25, -0.2) is 13.9 Å². The van der Waals surface area contributed by atoms with Crippen LogP contribution in [-0.4, -0.2) is 49.7 Å². The lowest BCUT2D eigenvalue weighted by Crippen LogP contribution is -2.30. The Morgan fingerprint density at radius 2 is 1.88 bits per heavy atom. The molecule has 0 aliphatic heterocycles. The summed E-state index contributed by atoms with van der Waals surface area (Å²) >= 11 is 0. The van der Waals surface area contributed by atoms with Crippen LogP contribution in [0.3, 0.4) is 0 Å². The first-order valence-electron chi connectivity index (χ1n) is 12.2. The van der Waals surface area contributed by atoms with Crippen LogP contribution in [-0.2, 0) is 24.4 Å². The molecule has 222 valence electrons. The minimum absolute atomic E-state index is 0.135. The highest BCUT2D eigenvalue weighted by Crippen LogP contribution is 2.23. The van der Waals surface area contributed by atoms with Crippen LogP contribution in [0.2, 0.25) is 0 Å². The minimum atomic E-state index is -4.86. The minimum Gasteiger partial charge on any atom is -0.444 e. The van der Waals surface area contributed by atoms with Gasteiger partial charge < -0.3 is 19.4 Å². The third-order valence-corrected chi connectivity index (χ3v) is 5.17. The van der Waals surface area contributed by atoms with Gasteiger partial charge in [-0.15, -0.1) is 18.3 Å². The predicted octanol–water partition coefficient (Wildman–Crippen LogP) is 4.18. The largest absolute Gasteiger partial charge is 0.573 e. The highest BCUT2D eigenvalue weighted by atomic mass is 19.4. The van der Waals surface area contributed by atoms with Crippen LogP contribution in [0, 0.1) is 5.82 Å². The van der Waals surface area contributed by atoms with Crippen molar-refractivity contribution in [2.45, 2.75) is 65.0 Å². The van der Waals surface area contributed by atoms with E-state index in [2.05, 4.69) is 25.7 Å². The Bertz CT molecular complexity index is 1430. The van der Waals surface area contributed by atoms with Crippen molar-refractivity contribution in [1.82, 2.24) is 24.9 Å².